The summed E-state index contributed by atoms with van der Waals surface area (Å²) in [4.78, 5) is 31.3. The van der Waals surface area contributed by atoms with E-state index in [9.17, 15) is 9.59 Å². The largest absolute Gasteiger partial charge is 0.339 e. The van der Waals surface area contributed by atoms with Gasteiger partial charge in [0.25, 0.3) is 5.91 Å². The van der Waals surface area contributed by atoms with E-state index in [0.717, 1.165) is 5.56 Å². The average molecular weight is 392 g/mol. The molecule has 2 fully saturated rings. The summed E-state index contributed by atoms with van der Waals surface area (Å²) in [5.41, 5.74) is 2.12. The van der Waals surface area contributed by atoms with Gasteiger partial charge in [0.2, 0.25) is 5.91 Å². The van der Waals surface area contributed by atoms with E-state index in [2.05, 4.69) is 22.4 Å². The van der Waals surface area contributed by atoms with Crippen LogP contribution in [-0.2, 0) is 4.79 Å². The highest BCUT2D eigenvalue weighted by molar-refractivity contribution is 5.95. The van der Waals surface area contributed by atoms with Crippen LogP contribution in [0.3, 0.4) is 0 Å². The number of likely N-dealkylation sites (tertiary alicyclic amines) is 1. The molecule has 1 aromatic carbocycles. The zero-order valence-electron chi connectivity index (χ0n) is 16.8. The molecule has 0 spiro atoms. The van der Waals surface area contributed by atoms with Crippen molar-refractivity contribution in [2.24, 2.45) is 5.92 Å². The molecule has 1 saturated carbocycles. The van der Waals surface area contributed by atoms with E-state index in [0.29, 0.717) is 37.7 Å². The maximum atomic E-state index is 12.9. The topological polar surface area (TPSA) is 62.3 Å². The Balaban J connectivity index is 1.30. The Morgan fingerprint density at radius 1 is 0.897 bits per heavy atom. The Bertz CT molecular complexity index is 821. The zero-order valence-corrected chi connectivity index (χ0v) is 16.8. The summed E-state index contributed by atoms with van der Waals surface area (Å²) in [6.45, 7) is 1.23. The number of rotatable bonds is 4. The fraction of sp³-hybridized carbons (Fsp3) is 0.458. The minimum absolute atomic E-state index is 0.00682. The van der Waals surface area contributed by atoms with Crippen LogP contribution in [0, 0.1) is 5.92 Å². The number of hydrogen-bond donors (Lipinski definition) is 1. The van der Waals surface area contributed by atoms with E-state index in [1.54, 1.807) is 12.3 Å². The number of carbonyl (C=O) groups is 2. The molecule has 0 radical (unpaired) electrons. The van der Waals surface area contributed by atoms with Crippen molar-refractivity contribution >= 4 is 17.6 Å². The molecule has 4 rings (SSSR count). The first kappa shape index (κ1) is 19.6. The lowest BCUT2D eigenvalue weighted by Gasteiger charge is -2.31. The number of piperidine rings is 1. The number of aromatic nitrogens is 1. The summed E-state index contributed by atoms with van der Waals surface area (Å²) < 4.78 is 0. The van der Waals surface area contributed by atoms with Crippen LogP contribution in [0.4, 0.5) is 5.82 Å². The van der Waals surface area contributed by atoms with Crippen molar-refractivity contribution in [2.45, 2.75) is 50.9 Å². The van der Waals surface area contributed by atoms with Crippen molar-refractivity contribution in [1.82, 2.24) is 9.88 Å². The number of anilines is 1. The lowest BCUT2D eigenvalue weighted by Crippen LogP contribution is -2.41. The predicted molar refractivity (Wildman–Crippen MR) is 114 cm³/mol. The first-order chi connectivity index (χ1) is 14.2. The number of benzene rings is 1. The molecule has 2 heterocycles. The minimum Gasteiger partial charge on any atom is -0.339 e. The Hall–Kier alpha value is -2.69. The summed E-state index contributed by atoms with van der Waals surface area (Å²) in [6.07, 6.45) is 9.54. The third-order valence-corrected chi connectivity index (χ3v) is 6.30. The van der Waals surface area contributed by atoms with Gasteiger partial charge >= 0.3 is 0 Å². The lowest BCUT2D eigenvalue weighted by molar-refractivity contribution is -0.121. The highest BCUT2D eigenvalue weighted by Crippen LogP contribution is 2.32. The van der Waals surface area contributed by atoms with Gasteiger partial charge in [-0.25, -0.2) is 4.98 Å². The van der Waals surface area contributed by atoms with Crippen molar-refractivity contribution in [1.29, 1.82) is 0 Å². The van der Waals surface area contributed by atoms with E-state index >= 15 is 0 Å². The first-order valence-corrected chi connectivity index (χ1v) is 10.8. The van der Waals surface area contributed by atoms with E-state index in [1.807, 2.05) is 29.2 Å². The highest BCUT2D eigenvalue weighted by atomic mass is 16.2. The second kappa shape index (κ2) is 9.21. The van der Waals surface area contributed by atoms with Gasteiger partial charge in [-0.2, -0.15) is 0 Å². The summed E-state index contributed by atoms with van der Waals surface area (Å²) >= 11 is 0. The highest BCUT2D eigenvalue weighted by Gasteiger charge is 2.28. The first-order valence-electron chi connectivity index (χ1n) is 10.8. The molecule has 0 bridgehead atoms. The predicted octanol–water partition coefficient (Wildman–Crippen LogP) is 4.62. The molecule has 1 aliphatic heterocycles. The molecular weight excluding hydrogens is 362 g/mol. The smallest absolute Gasteiger partial charge is 0.253 e. The standard InChI is InChI=1S/C24H29N3O2/c28-23(26-22-8-4-5-15-25-22)20-13-16-27(17-14-20)24(29)21-11-9-19(10-12-21)18-6-2-1-3-7-18/h4-5,8-12,15,18,20H,1-3,6-7,13-14,16-17H2,(H,25,26,28). The fourth-order valence-corrected chi connectivity index (χ4v) is 4.53. The molecular formula is C24H29N3O2. The quantitative estimate of drug-likeness (QED) is 0.827. The molecule has 2 amide bonds. The lowest BCUT2D eigenvalue weighted by atomic mass is 9.84. The van der Waals surface area contributed by atoms with E-state index in [4.69, 9.17) is 0 Å². The van der Waals surface area contributed by atoms with Gasteiger partial charge in [0.05, 0.1) is 0 Å². The van der Waals surface area contributed by atoms with Crippen LogP contribution >= 0.6 is 0 Å². The van der Waals surface area contributed by atoms with Crippen molar-refractivity contribution in [2.75, 3.05) is 18.4 Å². The third-order valence-electron chi connectivity index (χ3n) is 6.30. The zero-order chi connectivity index (χ0) is 20.1. The summed E-state index contributed by atoms with van der Waals surface area (Å²) in [5, 5.41) is 2.87. The van der Waals surface area contributed by atoms with Crippen molar-refractivity contribution in [3.63, 3.8) is 0 Å². The molecule has 0 unspecified atom stereocenters. The van der Waals surface area contributed by atoms with Crippen molar-refractivity contribution < 1.29 is 9.59 Å². The molecule has 1 N–H and O–H groups in total. The van der Waals surface area contributed by atoms with Gasteiger partial charge in [-0.1, -0.05) is 37.5 Å². The number of amides is 2. The SMILES string of the molecule is O=C(Nc1ccccn1)C1CCN(C(=O)c2ccc(C3CCCCC3)cc2)CC1. The molecule has 1 aliphatic carbocycles. The van der Waals surface area contributed by atoms with Gasteiger partial charge in [-0.3, -0.25) is 9.59 Å². The second-order valence-electron chi connectivity index (χ2n) is 8.23. The molecule has 5 nitrogen and oxygen atoms in total. The van der Waals surface area contributed by atoms with Crippen molar-refractivity contribution in [3.8, 4) is 0 Å². The molecule has 1 saturated heterocycles. The Kier molecular flexibility index (Phi) is 6.23. The van der Waals surface area contributed by atoms with Gasteiger partial charge in [0, 0.05) is 30.8 Å². The number of hydrogen-bond acceptors (Lipinski definition) is 3. The monoisotopic (exact) mass is 391 g/mol. The molecule has 1 aromatic heterocycles. The van der Waals surface area contributed by atoms with Crippen LogP contribution < -0.4 is 5.32 Å². The van der Waals surface area contributed by atoms with Crippen LogP contribution in [0.5, 0.6) is 0 Å². The molecule has 0 atom stereocenters. The summed E-state index contributed by atoms with van der Waals surface area (Å²) in [7, 11) is 0. The van der Waals surface area contributed by atoms with E-state index < -0.39 is 0 Å². The van der Waals surface area contributed by atoms with Gasteiger partial charge in [0.15, 0.2) is 0 Å². The van der Waals surface area contributed by atoms with Crippen LogP contribution in [0.25, 0.3) is 0 Å². The van der Waals surface area contributed by atoms with E-state index in [1.165, 1.54) is 37.7 Å². The normalized spacial score (nSPS) is 18.4. The van der Waals surface area contributed by atoms with Gasteiger partial charge in [0.1, 0.15) is 5.82 Å². The van der Waals surface area contributed by atoms with Gasteiger partial charge in [-0.05, 0) is 61.4 Å². The minimum atomic E-state index is -0.0743. The molecule has 152 valence electrons. The summed E-state index contributed by atoms with van der Waals surface area (Å²) in [5.74, 6) is 1.22. The molecule has 29 heavy (non-hydrogen) atoms. The van der Waals surface area contributed by atoms with Crippen LogP contribution in [0.15, 0.2) is 48.7 Å². The number of carbonyl (C=O) groups excluding carboxylic acids is 2. The fourth-order valence-electron chi connectivity index (χ4n) is 4.53. The van der Waals surface area contributed by atoms with Gasteiger partial charge < -0.3 is 10.2 Å². The van der Waals surface area contributed by atoms with Crippen LogP contribution in [-0.4, -0.2) is 34.8 Å². The Morgan fingerprint density at radius 2 is 1.62 bits per heavy atom. The van der Waals surface area contributed by atoms with Gasteiger partial charge in [-0.15, -0.1) is 0 Å². The van der Waals surface area contributed by atoms with Crippen molar-refractivity contribution in [3.05, 3.63) is 59.8 Å². The second-order valence-corrected chi connectivity index (χ2v) is 8.23. The van der Waals surface area contributed by atoms with Crippen LogP contribution in [0.1, 0.15) is 66.8 Å². The Morgan fingerprint density at radius 3 is 2.28 bits per heavy atom. The number of pyridine rings is 1. The van der Waals surface area contributed by atoms with E-state index in [-0.39, 0.29) is 17.7 Å². The molecule has 2 aromatic rings. The number of nitrogens with zero attached hydrogens (tertiary/aromatic N) is 2. The Labute approximate surface area is 172 Å². The summed E-state index contributed by atoms with van der Waals surface area (Å²) in [6, 6.07) is 13.7. The maximum Gasteiger partial charge on any atom is 0.253 e. The average Bonchev–Trinajstić information content (AvgIpc) is 2.80. The maximum absolute atomic E-state index is 12.9. The number of nitrogens with one attached hydrogen (secondary N) is 1. The third kappa shape index (κ3) is 4.84. The van der Waals surface area contributed by atoms with Crippen LogP contribution in [0.2, 0.25) is 0 Å². The molecule has 2 aliphatic rings. The molecule has 5 heteroatoms.